The molecule has 1 unspecified atom stereocenters. The second-order valence-corrected chi connectivity index (χ2v) is 7.27. The van der Waals surface area contributed by atoms with Crippen molar-refractivity contribution in [1.29, 1.82) is 0 Å². The number of fused-ring (bicyclic) bond motifs is 1. The Morgan fingerprint density at radius 2 is 2.08 bits per heavy atom. The number of benzene rings is 1. The molecule has 0 bridgehead atoms. The van der Waals surface area contributed by atoms with E-state index >= 15 is 0 Å². The molecule has 4 rings (SSSR count). The molecule has 130 valence electrons. The van der Waals surface area contributed by atoms with E-state index in [0.29, 0.717) is 17.4 Å². The first-order valence-corrected chi connectivity index (χ1v) is 9.29. The second-order valence-electron chi connectivity index (χ2n) is 6.94. The van der Waals surface area contributed by atoms with E-state index in [9.17, 15) is 0 Å². The fourth-order valence-corrected chi connectivity index (χ4v) is 4.20. The number of halogens is 1. The molecule has 2 saturated heterocycles. The summed E-state index contributed by atoms with van der Waals surface area (Å²) < 4.78 is 7.44. The van der Waals surface area contributed by atoms with Crippen molar-refractivity contribution in [2.75, 3.05) is 31.6 Å². The standard InChI is InChI=1S/C18H25ClN4O/c1-22-16-6-2-5-15(17(16)21-18(22)19)20-13-4-3-9-23(12-13)14-7-10-24-11-8-14/h2,5-6,13-14,20H,3-4,7-12H2,1H3. The summed E-state index contributed by atoms with van der Waals surface area (Å²) in [7, 11) is 1.95. The van der Waals surface area contributed by atoms with Gasteiger partial charge in [0.2, 0.25) is 5.28 Å². The number of aryl methyl sites for hydroxylation is 1. The predicted molar refractivity (Wildman–Crippen MR) is 97.8 cm³/mol. The number of para-hydroxylation sites is 1. The Morgan fingerprint density at radius 1 is 1.25 bits per heavy atom. The molecular weight excluding hydrogens is 324 g/mol. The summed E-state index contributed by atoms with van der Waals surface area (Å²) >= 11 is 6.20. The van der Waals surface area contributed by atoms with E-state index in [-0.39, 0.29) is 0 Å². The van der Waals surface area contributed by atoms with Crippen LogP contribution < -0.4 is 5.32 Å². The van der Waals surface area contributed by atoms with E-state index in [2.05, 4.69) is 33.4 Å². The average molecular weight is 349 g/mol. The van der Waals surface area contributed by atoms with E-state index in [1.165, 1.54) is 19.4 Å². The quantitative estimate of drug-likeness (QED) is 0.924. The smallest absolute Gasteiger partial charge is 0.203 e. The zero-order valence-electron chi connectivity index (χ0n) is 14.2. The van der Waals surface area contributed by atoms with E-state index in [0.717, 1.165) is 49.3 Å². The van der Waals surface area contributed by atoms with Crippen molar-refractivity contribution >= 4 is 28.3 Å². The first-order valence-electron chi connectivity index (χ1n) is 8.91. The summed E-state index contributed by atoms with van der Waals surface area (Å²) in [4.78, 5) is 7.17. The number of rotatable bonds is 3. The van der Waals surface area contributed by atoms with E-state index in [1.54, 1.807) is 0 Å². The summed E-state index contributed by atoms with van der Waals surface area (Å²) in [6, 6.07) is 7.39. The molecular formula is C18H25ClN4O. The molecule has 1 aromatic carbocycles. The van der Waals surface area contributed by atoms with E-state index in [1.807, 2.05) is 11.6 Å². The van der Waals surface area contributed by atoms with Crippen LogP contribution in [0.15, 0.2) is 18.2 Å². The molecule has 5 nitrogen and oxygen atoms in total. The summed E-state index contributed by atoms with van der Waals surface area (Å²) in [6.45, 7) is 4.13. The Bertz CT molecular complexity index is 710. The number of likely N-dealkylation sites (tertiary alicyclic amines) is 1. The lowest BCUT2D eigenvalue weighted by Gasteiger charge is -2.40. The maximum Gasteiger partial charge on any atom is 0.203 e. The Balaban J connectivity index is 1.49. The lowest BCUT2D eigenvalue weighted by atomic mass is 9.99. The van der Waals surface area contributed by atoms with Crippen LogP contribution in [0.5, 0.6) is 0 Å². The summed E-state index contributed by atoms with van der Waals surface area (Å²) in [5.74, 6) is 0. The molecule has 0 spiro atoms. The SMILES string of the molecule is Cn1c(Cl)nc2c(NC3CCCN(C4CCOCC4)C3)cccc21. The Labute approximate surface area is 147 Å². The molecule has 2 aliphatic heterocycles. The van der Waals surface area contributed by atoms with Crippen LogP contribution in [-0.4, -0.2) is 52.8 Å². The Morgan fingerprint density at radius 3 is 2.92 bits per heavy atom. The fraction of sp³-hybridized carbons (Fsp3) is 0.611. The molecule has 2 aromatic rings. The molecule has 3 heterocycles. The molecule has 6 heteroatoms. The van der Waals surface area contributed by atoms with Crippen LogP contribution in [-0.2, 0) is 11.8 Å². The van der Waals surface area contributed by atoms with Crippen molar-refractivity contribution < 1.29 is 4.74 Å². The van der Waals surface area contributed by atoms with Gasteiger partial charge in [-0.3, -0.25) is 4.90 Å². The van der Waals surface area contributed by atoms with Crippen LogP contribution in [0.4, 0.5) is 5.69 Å². The highest BCUT2D eigenvalue weighted by atomic mass is 35.5. The topological polar surface area (TPSA) is 42.3 Å². The average Bonchev–Trinajstić information content (AvgIpc) is 2.92. The van der Waals surface area contributed by atoms with Gasteiger partial charge in [0.1, 0.15) is 5.52 Å². The molecule has 1 aromatic heterocycles. The molecule has 0 saturated carbocycles. The molecule has 0 aliphatic carbocycles. The lowest BCUT2D eigenvalue weighted by molar-refractivity contribution is 0.0256. The van der Waals surface area contributed by atoms with Crippen molar-refractivity contribution in [1.82, 2.24) is 14.5 Å². The predicted octanol–water partition coefficient (Wildman–Crippen LogP) is 3.28. The van der Waals surface area contributed by atoms with Gasteiger partial charge in [0.05, 0.1) is 11.2 Å². The van der Waals surface area contributed by atoms with Crippen LogP contribution in [0, 0.1) is 0 Å². The normalized spacial score (nSPS) is 23.7. The molecule has 0 amide bonds. The third kappa shape index (κ3) is 3.13. The van der Waals surface area contributed by atoms with Gasteiger partial charge in [-0.25, -0.2) is 4.98 Å². The van der Waals surface area contributed by atoms with Gasteiger partial charge >= 0.3 is 0 Å². The molecule has 0 radical (unpaired) electrons. The van der Waals surface area contributed by atoms with Gasteiger partial charge in [0.15, 0.2) is 0 Å². The largest absolute Gasteiger partial charge is 0.381 e. The van der Waals surface area contributed by atoms with Crippen molar-refractivity contribution in [2.45, 2.75) is 37.8 Å². The highest BCUT2D eigenvalue weighted by Crippen LogP contribution is 2.28. The van der Waals surface area contributed by atoms with E-state index in [4.69, 9.17) is 16.3 Å². The number of nitrogens with zero attached hydrogens (tertiary/aromatic N) is 3. The van der Waals surface area contributed by atoms with E-state index < -0.39 is 0 Å². The summed E-state index contributed by atoms with van der Waals surface area (Å²) in [5, 5.41) is 4.26. The molecule has 2 aliphatic rings. The molecule has 24 heavy (non-hydrogen) atoms. The first kappa shape index (κ1) is 16.2. The summed E-state index contributed by atoms with van der Waals surface area (Å²) in [5.41, 5.74) is 3.13. The monoisotopic (exact) mass is 348 g/mol. The van der Waals surface area contributed by atoms with Gasteiger partial charge in [0, 0.05) is 38.9 Å². The maximum absolute atomic E-state index is 6.20. The minimum absolute atomic E-state index is 0.466. The number of anilines is 1. The second kappa shape index (κ2) is 6.90. The zero-order valence-corrected chi connectivity index (χ0v) is 14.9. The van der Waals surface area contributed by atoms with Gasteiger partial charge in [-0.1, -0.05) is 6.07 Å². The first-order chi connectivity index (χ1) is 11.7. The minimum atomic E-state index is 0.466. The number of piperidine rings is 1. The number of hydrogen-bond donors (Lipinski definition) is 1. The number of nitrogens with one attached hydrogen (secondary N) is 1. The lowest BCUT2D eigenvalue weighted by Crippen LogP contribution is -2.48. The number of aromatic nitrogens is 2. The summed E-state index contributed by atoms with van der Waals surface area (Å²) in [6.07, 6.45) is 4.78. The van der Waals surface area contributed by atoms with Gasteiger partial charge in [-0.15, -0.1) is 0 Å². The van der Waals surface area contributed by atoms with Crippen LogP contribution in [0.1, 0.15) is 25.7 Å². The van der Waals surface area contributed by atoms with Crippen LogP contribution in [0.2, 0.25) is 5.28 Å². The van der Waals surface area contributed by atoms with Gasteiger partial charge in [-0.05, 0) is 56.0 Å². The van der Waals surface area contributed by atoms with Crippen molar-refractivity contribution in [2.24, 2.45) is 7.05 Å². The van der Waals surface area contributed by atoms with Crippen LogP contribution in [0.3, 0.4) is 0 Å². The number of hydrogen-bond acceptors (Lipinski definition) is 4. The molecule has 1 N–H and O–H groups in total. The molecule has 1 atom stereocenters. The van der Waals surface area contributed by atoms with Gasteiger partial charge in [0.25, 0.3) is 0 Å². The van der Waals surface area contributed by atoms with Gasteiger partial charge < -0.3 is 14.6 Å². The molecule has 2 fully saturated rings. The minimum Gasteiger partial charge on any atom is -0.381 e. The number of ether oxygens (including phenoxy) is 1. The highest BCUT2D eigenvalue weighted by Gasteiger charge is 2.27. The zero-order chi connectivity index (χ0) is 16.5. The van der Waals surface area contributed by atoms with Crippen LogP contribution >= 0.6 is 11.6 Å². The Kier molecular flexibility index (Phi) is 4.66. The van der Waals surface area contributed by atoms with Crippen molar-refractivity contribution in [3.63, 3.8) is 0 Å². The fourth-order valence-electron chi connectivity index (χ4n) is 4.03. The third-order valence-electron chi connectivity index (χ3n) is 5.38. The highest BCUT2D eigenvalue weighted by molar-refractivity contribution is 6.29. The third-order valence-corrected chi connectivity index (χ3v) is 5.71. The van der Waals surface area contributed by atoms with Crippen molar-refractivity contribution in [3.8, 4) is 0 Å². The maximum atomic E-state index is 6.20. The van der Waals surface area contributed by atoms with Crippen molar-refractivity contribution in [3.05, 3.63) is 23.5 Å². The Hall–Kier alpha value is -1.30. The van der Waals surface area contributed by atoms with Crippen LogP contribution in [0.25, 0.3) is 11.0 Å². The number of imidazole rings is 1. The van der Waals surface area contributed by atoms with Gasteiger partial charge in [-0.2, -0.15) is 0 Å².